The number of carbonyl (C=O) groups excluding carboxylic acids is 2. The monoisotopic (exact) mass is 650 g/mol. The van der Waals surface area contributed by atoms with Crippen molar-refractivity contribution in [2.45, 2.75) is 31.2 Å². The van der Waals surface area contributed by atoms with Gasteiger partial charge in [-0.15, -0.1) is 10.3 Å². The molecule has 12 heteroatoms. The van der Waals surface area contributed by atoms with Crippen molar-refractivity contribution in [1.29, 1.82) is 10.8 Å². The molecule has 2 aliphatic heterocycles. The summed E-state index contributed by atoms with van der Waals surface area (Å²) in [5.41, 5.74) is 3.83. The number of benzodiazepines with no additional fused rings is 1. The molecule has 5 rings (SSSR count). The molecule has 4 N–H and O–H groups in total. The van der Waals surface area contributed by atoms with Gasteiger partial charge in [-0.05, 0) is 74.4 Å². The third-order valence-electron chi connectivity index (χ3n) is 7.35. The second-order valence-electron chi connectivity index (χ2n) is 11.2. The van der Waals surface area contributed by atoms with E-state index in [2.05, 4.69) is 10.3 Å². The van der Waals surface area contributed by atoms with Gasteiger partial charge in [0.1, 0.15) is 17.4 Å². The lowest BCUT2D eigenvalue weighted by molar-refractivity contribution is -0.119. The molecule has 0 aliphatic carbocycles. The molecule has 1 atom stereocenters. The van der Waals surface area contributed by atoms with E-state index in [1.54, 1.807) is 54.5 Å². The van der Waals surface area contributed by atoms with Crippen LogP contribution < -0.4 is 15.0 Å². The lowest BCUT2D eigenvalue weighted by Gasteiger charge is -2.25. The molecule has 0 bridgehead atoms. The Hall–Kier alpha value is -4.19. The van der Waals surface area contributed by atoms with Gasteiger partial charge in [0, 0.05) is 52.7 Å². The molecule has 0 radical (unpaired) electrons. The summed E-state index contributed by atoms with van der Waals surface area (Å²) in [5.74, 6) is 1.12. The molecule has 45 heavy (non-hydrogen) atoms. The number of halogens is 1. The molecule has 3 aromatic rings. The third kappa shape index (κ3) is 8.30. The first kappa shape index (κ1) is 33.7. The standard InChI is InChI=1S/C18H17ClN4O.C15H22N2O3S/c1-11(20)23-16-8-7-14(24-2)9-15(16)18(22-10-17(23)21)12-3-5-13(19)6-4-12;1-11(18)16-13-7-8-17(10-13)15(19)12-5-4-6-14(9-12)21(2,3)20/h3-9,20-21H,10H2,1-2H3;4-6,9,13,20H,7-8,10H2,1-3H3,(H,16,18). The topological polar surface area (TPSA) is 142 Å². The maximum Gasteiger partial charge on any atom is 0.253 e. The van der Waals surface area contributed by atoms with E-state index in [1.165, 1.54) is 6.92 Å². The zero-order valence-corrected chi connectivity index (χ0v) is 27.6. The van der Waals surface area contributed by atoms with Crippen molar-refractivity contribution in [2.24, 2.45) is 4.99 Å². The van der Waals surface area contributed by atoms with Gasteiger partial charge in [0.25, 0.3) is 5.91 Å². The van der Waals surface area contributed by atoms with E-state index in [9.17, 15) is 14.1 Å². The van der Waals surface area contributed by atoms with E-state index < -0.39 is 10.3 Å². The maximum atomic E-state index is 12.5. The highest BCUT2D eigenvalue weighted by Crippen LogP contribution is 2.44. The Kier molecular flexibility index (Phi) is 10.7. The van der Waals surface area contributed by atoms with Crippen LogP contribution in [0.1, 0.15) is 41.8 Å². The highest BCUT2D eigenvalue weighted by molar-refractivity contribution is 8.28. The van der Waals surface area contributed by atoms with Crippen molar-refractivity contribution >= 4 is 56.8 Å². The molecular formula is C33H39ClN6O4S. The van der Waals surface area contributed by atoms with Crippen LogP contribution in [0.5, 0.6) is 5.75 Å². The SMILES string of the molecule is CC(=O)NC1CCN(C(=O)c2cccc(S(C)(C)O)c2)C1.COc1ccc2c(c1)C(c1ccc(Cl)cc1)=NCC(=N)N2C(C)=N. The number of amides is 2. The van der Waals surface area contributed by atoms with Crippen LogP contribution in [0.2, 0.25) is 5.02 Å². The fraction of sp³-hybridized carbons (Fsp3) is 0.303. The van der Waals surface area contributed by atoms with Crippen LogP contribution in [-0.2, 0) is 4.79 Å². The number of likely N-dealkylation sites (tertiary alicyclic amines) is 1. The number of benzene rings is 3. The Morgan fingerprint density at radius 2 is 1.80 bits per heavy atom. The summed E-state index contributed by atoms with van der Waals surface area (Å²) in [6.07, 6.45) is 4.33. The maximum absolute atomic E-state index is 12.5. The number of hydrogen-bond acceptors (Lipinski definition) is 7. The molecule has 238 valence electrons. The Morgan fingerprint density at radius 1 is 1.09 bits per heavy atom. The number of rotatable bonds is 5. The van der Waals surface area contributed by atoms with Crippen molar-refractivity contribution < 1.29 is 18.9 Å². The van der Waals surface area contributed by atoms with Crippen LogP contribution >= 0.6 is 21.9 Å². The summed E-state index contributed by atoms with van der Waals surface area (Å²) in [4.78, 5) is 32.3. The van der Waals surface area contributed by atoms with Gasteiger partial charge < -0.3 is 19.5 Å². The van der Waals surface area contributed by atoms with Crippen LogP contribution in [0.15, 0.2) is 76.6 Å². The first-order chi connectivity index (χ1) is 21.3. The van der Waals surface area contributed by atoms with Gasteiger partial charge in [-0.3, -0.25) is 30.3 Å². The summed E-state index contributed by atoms with van der Waals surface area (Å²) in [6.45, 7) is 4.53. The molecule has 1 unspecified atom stereocenters. The number of anilines is 1. The first-order valence-electron chi connectivity index (χ1n) is 14.3. The van der Waals surface area contributed by atoms with Crippen molar-refractivity contribution in [3.63, 3.8) is 0 Å². The first-order valence-corrected chi connectivity index (χ1v) is 17.1. The average molecular weight is 651 g/mol. The summed E-state index contributed by atoms with van der Waals surface area (Å²) in [6, 6.07) is 20.2. The Morgan fingerprint density at radius 3 is 2.42 bits per heavy atom. The van der Waals surface area contributed by atoms with Crippen molar-refractivity contribution in [1.82, 2.24) is 10.2 Å². The predicted molar refractivity (Wildman–Crippen MR) is 183 cm³/mol. The minimum Gasteiger partial charge on any atom is -0.497 e. The number of hydrogen-bond donors (Lipinski definition) is 4. The van der Waals surface area contributed by atoms with E-state index in [0.29, 0.717) is 29.4 Å². The number of nitrogens with one attached hydrogen (secondary N) is 3. The Labute approximate surface area is 270 Å². The molecule has 2 aliphatic rings. The van der Waals surface area contributed by atoms with E-state index in [0.717, 1.165) is 33.8 Å². The van der Waals surface area contributed by atoms with Crippen LogP contribution in [-0.4, -0.2) is 83.9 Å². The highest BCUT2D eigenvalue weighted by Gasteiger charge is 2.28. The van der Waals surface area contributed by atoms with Gasteiger partial charge >= 0.3 is 0 Å². The predicted octanol–water partition coefficient (Wildman–Crippen LogP) is 5.91. The highest BCUT2D eigenvalue weighted by atomic mass is 35.5. The van der Waals surface area contributed by atoms with Gasteiger partial charge in [-0.25, -0.2) is 0 Å². The molecule has 1 fully saturated rings. The summed E-state index contributed by atoms with van der Waals surface area (Å²) in [5, 5.41) is 19.8. The molecule has 10 nitrogen and oxygen atoms in total. The smallest absolute Gasteiger partial charge is 0.253 e. The largest absolute Gasteiger partial charge is 0.497 e. The van der Waals surface area contributed by atoms with Crippen LogP contribution in [0, 0.1) is 10.8 Å². The molecule has 1 saturated heterocycles. The van der Waals surface area contributed by atoms with Crippen LogP contribution in [0.4, 0.5) is 5.69 Å². The van der Waals surface area contributed by atoms with Crippen molar-refractivity contribution in [3.05, 3.63) is 88.4 Å². The number of aliphatic imine (C=N–C) groups is 1. The fourth-order valence-electron chi connectivity index (χ4n) is 5.19. The molecule has 0 saturated carbocycles. The second kappa shape index (κ2) is 14.3. The van der Waals surface area contributed by atoms with Crippen molar-refractivity contribution in [3.8, 4) is 5.75 Å². The number of ether oxygens (including phenoxy) is 1. The third-order valence-corrected chi connectivity index (χ3v) is 9.01. The number of methoxy groups -OCH3 is 1. The molecule has 3 aromatic carbocycles. The lowest BCUT2D eigenvalue weighted by Crippen LogP contribution is -2.37. The normalized spacial score (nSPS) is 16.5. The zero-order chi connectivity index (χ0) is 32.9. The fourth-order valence-corrected chi connectivity index (χ4v) is 6.15. The van der Waals surface area contributed by atoms with Gasteiger partial charge in [-0.1, -0.05) is 29.8 Å². The summed E-state index contributed by atoms with van der Waals surface area (Å²) < 4.78 is 15.5. The quantitative estimate of drug-likeness (QED) is 0.201. The summed E-state index contributed by atoms with van der Waals surface area (Å²) in [7, 11) is -0.226. The molecular weight excluding hydrogens is 612 g/mol. The number of nitrogens with zero attached hydrogens (tertiary/aromatic N) is 3. The van der Waals surface area contributed by atoms with Crippen LogP contribution in [0.3, 0.4) is 0 Å². The van der Waals surface area contributed by atoms with Crippen LogP contribution in [0.25, 0.3) is 0 Å². The van der Waals surface area contributed by atoms with E-state index in [-0.39, 0.29) is 36.1 Å². The van der Waals surface area contributed by atoms with Gasteiger partial charge in [0.2, 0.25) is 5.91 Å². The average Bonchev–Trinajstić information content (AvgIpc) is 3.40. The Bertz CT molecular complexity index is 1640. The molecule has 2 amide bonds. The Balaban J connectivity index is 0.000000207. The minimum atomic E-state index is -1.84. The minimum absolute atomic E-state index is 0.0366. The van der Waals surface area contributed by atoms with Gasteiger partial charge in [0.05, 0.1) is 25.1 Å². The molecule has 2 heterocycles. The van der Waals surface area contributed by atoms with Gasteiger partial charge in [0.15, 0.2) is 0 Å². The number of carbonyl (C=O) groups is 2. The second-order valence-corrected chi connectivity index (χ2v) is 14.6. The van der Waals surface area contributed by atoms with E-state index in [1.807, 2.05) is 48.5 Å². The number of amidine groups is 2. The molecule has 0 aromatic heterocycles. The van der Waals surface area contributed by atoms with Crippen molar-refractivity contribution in [2.75, 3.05) is 44.2 Å². The summed E-state index contributed by atoms with van der Waals surface area (Å²) >= 11 is 5.99. The van der Waals surface area contributed by atoms with Gasteiger partial charge in [-0.2, -0.15) is 0 Å². The number of fused-ring (bicyclic) bond motifs is 1. The van der Waals surface area contributed by atoms with E-state index >= 15 is 0 Å². The van der Waals surface area contributed by atoms with E-state index in [4.69, 9.17) is 27.2 Å². The lowest BCUT2D eigenvalue weighted by atomic mass is 9.99. The zero-order valence-electron chi connectivity index (χ0n) is 26.1. The molecule has 0 spiro atoms.